The zero-order valence-corrected chi connectivity index (χ0v) is 18.5. The molecule has 0 unspecified atom stereocenters. The number of nitrogens with one attached hydrogen (secondary N) is 1. The monoisotopic (exact) mass is 447 g/mol. The third-order valence-corrected chi connectivity index (χ3v) is 5.02. The molecule has 0 atom stereocenters. The smallest absolute Gasteiger partial charge is 0.303 e. The van der Waals surface area contributed by atoms with Crippen molar-refractivity contribution in [1.82, 2.24) is 0 Å². The summed E-state index contributed by atoms with van der Waals surface area (Å²) in [7, 11) is 0. The topological polar surface area (TPSA) is 84.9 Å². The number of carboxylic acid groups (broad SMARTS) is 1. The first-order valence-electron chi connectivity index (χ1n) is 11.1. The maximum atomic E-state index is 12.6. The predicted octanol–water partition coefficient (Wildman–Crippen LogP) is 5.58. The number of unbranched alkanes of at least 4 members (excludes halogenated alkanes) is 1. The summed E-state index contributed by atoms with van der Waals surface area (Å²) < 4.78 is 11.4. The van der Waals surface area contributed by atoms with Crippen LogP contribution >= 0.6 is 0 Å². The number of hydrogen-bond donors (Lipinski definition) is 2. The van der Waals surface area contributed by atoms with Crippen LogP contribution in [0.5, 0.6) is 11.5 Å². The molecule has 0 bridgehead atoms. The van der Waals surface area contributed by atoms with Gasteiger partial charge in [-0.15, -0.1) is 0 Å². The van der Waals surface area contributed by atoms with Gasteiger partial charge in [0.25, 0.3) is 5.91 Å². The minimum atomic E-state index is -0.861. The number of hydrogen-bond acceptors (Lipinski definition) is 4. The van der Waals surface area contributed by atoms with E-state index in [0.29, 0.717) is 30.0 Å². The van der Waals surface area contributed by atoms with Gasteiger partial charge in [-0.3, -0.25) is 9.59 Å². The van der Waals surface area contributed by atoms with E-state index in [9.17, 15) is 9.59 Å². The van der Waals surface area contributed by atoms with Gasteiger partial charge < -0.3 is 19.9 Å². The number of benzene rings is 3. The first-order valence-corrected chi connectivity index (χ1v) is 11.1. The molecule has 2 N–H and O–H groups in total. The molecule has 0 radical (unpaired) electrons. The van der Waals surface area contributed by atoms with Gasteiger partial charge in [0.1, 0.15) is 11.5 Å². The Hall–Kier alpha value is -3.80. The summed E-state index contributed by atoms with van der Waals surface area (Å²) in [6.07, 6.45) is 3.48. The number of carbonyl (C=O) groups is 2. The lowest BCUT2D eigenvalue weighted by Gasteiger charge is -2.12. The van der Waals surface area contributed by atoms with Crippen molar-refractivity contribution in [3.8, 4) is 11.5 Å². The van der Waals surface area contributed by atoms with Gasteiger partial charge in [0.05, 0.1) is 18.9 Å². The van der Waals surface area contributed by atoms with Crippen molar-refractivity contribution in [3.63, 3.8) is 0 Å². The maximum absolute atomic E-state index is 12.6. The number of aliphatic carboxylic acids is 1. The summed E-state index contributed by atoms with van der Waals surface area (Å²) in [5.41, 5.74) is 2.38. The summed E-state index contributed by atoms with van der Waals surface area (Å²) in [6, 6.07) is 24.5. The maximum Gasteiger partial charge on any atom is 0.303 e. The molecule has 0 spiro atoms. The number of ether oxygens (including phenoxy) is 2. The van der Waals surface area contributed by atoms with Crippen LogP contribution in [0.25, 0.3) is 0 Å². The van der Waals surface area contributed by atoms with Gasteiger partial charge in [0, 0.05) is 12.0 Å². The standard InChI is InChI=1S/C27H29NO5/c29-26(30)14-8-20-33-25-13-5-4-12-24(25)28-27(31)22-15-17-23(18-16-22)32-19-7-6-11-21-9-2-1-3-10-21/h1-5,9-10,12-13,15-18H,6-8,11,14,19-20H2,(H,28,31)(H,29,30). The van der Waals surface area contributed by atoms with Crippen molar-refractivity contribution in [2.45, 2.75) is 32.1 Å². The van der Waals surface area contributed by atoms with E-state index in [4.69, 9.17) is 14.6 Å². The van der Waals surface area contributed by atoms with Gasteiger partial charge in [-0.1, -0.05) is 42.5 Å². The van der Waals surface area contributed by atoms with E-state index >= 15 is 0 Å². The lowest BCUT2D eigenvalue weighted by molar-refractivity contribution is -0.137. The van der Waals surface area contributed by atoms with Gasteiger partial charge in [0.2, 0.25) is 0 Å². The van der Waals surface area contributed by atoms with E-state index in [-0.39, 0.29) is 18.9 Å². The lowest BCUT2D eigenvalue weighted by atomic mass is 10.1. The summed E-state index contributed by atoms with van der Waals surface area (Å²) in [4.78, 5) is 23.3. The Morgan fingerprint density at radius 2 is 1.45 bits per heavy atom. The highest BCUT2D eigenvalue weighted by atomic mass is 16.5. The molecule has 3 rings (SSSR count). The largest absolute Gasteiger partial charge is 0.494 e. The van der Waals surface area contributed by atoms with Crippen LogP contribution in [0.4, 0.5) is 5.69 Å². The van der Waals surface area contributed by atoms with Crippen molar-refractivity contribution in [2.75, 3.05) is 18.5 Å². The van der Waals surface area contributed by atoms with Crippen molar-refractivity contribution in [2.24, 2.45) is 0 Å². The summed E-state index contributed by atoms with van der Waals surface area (Å²) in [6.45, 7) is 0.890. The van der Waals surface area contributed by atoms with E-state index in [1.807, 2.05) is 6.07 Å². The van der Waals surface area contributed by atoms with Crippen LogP contribution in [0.15, 0.2) is 78.9 Å². The van der Waals surface area contributed by atoms with Gasteiger partial charge in [0.15, 0.2) is 0 Å². The molecule has 6 heteroatoms. The van der Waals surface area contributed by atoms with E-state index in [1.54, 1.807) is 48.5 Å². The zero-order chi connectivity index (χ0) is 23.3. The van der Waals surface area contributed by atoms with Gasteiger partial charge in [-0.25, -0.2) is 0 Å². The van der Waals surface area contributed by atoms with Crippen LogP contribution in [0, 0.1) is 0 Å². The molecule has 0 aliphatic rings. The summed E-state index contributed by atoms with van der Waals surface area (Å²) in [5.74, 6) is 0.117. The number of rotatable bonds is 13. The van der Waals surface area contributed by atoms with E-state index in [0.717, 1.165) is 25.0 Å². The fourth-order valence-corrected chi connectivity index (χ4v) is 3.26. The highest BCUT2D eigenvalue weighted by Gasteiger charge is 2.10. The molecule has 6 nitrogen and oxygen atoms in total. The Morgan fingerprint density at radius 3 is 2.21 bits per heavy atom. The number of carbonyl (C=O) groups excluding carboxylic acids is 1. The minimum Gasteiger partial charge on any atom is -0.494 e. The predicted molar refractivity (Wildman–Crippen MR) is 128 cm³/mol. The highest BCUT2D eigenvalue weighted by molar-refractivity contribution is 6.05. The SMILES string of the molecule is O=C(O)CCCOc1ccccc1NC(=O)c1ccc(OCCCCc2ccccc2)cc1. The molecule has 0 heterocycles. The lowest BCUT2D eigenvalue weighted by Crippen LogP contribution is -2.13. The average Bonchev–Trinajstić information content (AvgIpc) is 2.83. The molecule has 0 aromatic heterocycles. The Morgan fingerprint density at radius 1 is 0.758 bits per heavy atom. The van der Waals surface area contributed by atoms with Crippen LogP contribution in [-0.4, -0.2) is 30.2 Å². The van der Waals surface area contributed by atoms with Gasteiger partial charge >= 0.3 is 5.97 Å². The van der Waals surface area contributed by atoms with Crippen molar-refractivity contribution >= 4 is 17.6 Å². The molecule has 0 aliphatic carbocycles. The Bertz CT molecular complexity index is 1020. The number of amides is 1. The molecule has 0 fully saturated rings. The first-order chi connectivity index (χ1) is 16.1. The van der Waals surface area contributed by atoms with Crippen molar-refractivity contribution < 1.29 is 24.2 Å². The normalized spacial score (nSPS) is 10.4. The number of anilines is 1. The Kier molecular flexibility index (Phi) is 9.33. The molecule has 3 aromatic rings. The fourth-order valence-electron chi connectivity index (χ4n) is 3.26. The summed E-state index contributed by atoms with van der Waals surface area (Å²) >= 11 is 0. The van der Waals surface area contributed by atoms with Gasteiger partial charge in [-0.05, 0) is 67.6 Å². The number of carboxylic acids is 1. The van der Waals surface area contributed by atoms with Crippen LogP contribution in [0.1, 0.15) is 41.6 Å². The second kappa shape index (κ2) is 12.9. The third-order valence-electron chi connectivity index (χ3n) is 5.02. The molecule has 0 saturated heterocycles. The quantitative estimate of drug-likeness (QED) is 0.334. The second-order valence-corrected chi connectivity index (χ2v) is 7.61. The van der Waals surface area contributed by atoms with Crippen molar-refractivity contribution in [1.29, 1.82) is 0 Å². The average molecular weight is 448 g/mol. The van der Waals surface area contributed by atoms with E-state index in [1.165, 1.54) is 5.56 Å². The second-order valence-electron chi connectivity index (χ2n) is 7.61. The van der Waals surface area contributed by atoms with Crippen LogP contribution in [0.2, 0.25) is 0 Å². The molecule has 3 aromatic carbocycles. The molecule has 172 valence electrons. The molecule has 33 heavy (non-hydrogen) atoms. The van der Waals surface area contributed by atoms with Gasteiger partial charge in [-0.2, -0.15) is 0 Å². The highest BCUT2D eigenvalue weighted by Crippen LogP contribution is 2.25. The zero-order valence-electron chi connectivity index (χ0n) is 18.5. The molecular formula is C27H29NO5. The van der Waals surface area contributed by atoms with Crippen LogP contribution in [0.3, 0.4) is 0 Å². The summed E-state index contributed by atoms with van der Waals surface area (Å²) in [5, 5.41) is 11.6. The Balaban J connectivity index is 1.44. The van der Waals surface area contributed by atoms with Crippen LogP contribution < -0.4 is 14.8 Å². The van der Waals surface area contributed by atoms with Crippen LogP contribution in [-0.2, 0) is 11.2 Å². The minimum absolute atomic E-state index is 0.0377. The number of para-hydroxylation sites is 2. The van der Waals surface area contributed by atoms with Crippen molar-refractivity contribution in [3.05, 3.63) is 90.0 Å². The molecule has 1 amide bonds. The molecule has 0 aliphatic heterocycles. The van der Waals surface area contributed by atoms with E-state index < -0.39 is 5.97 Å². The number of aryl methyl sites for hydroxylation is 1. The Labute approximate surface area is 194 Å². The van der Waals surface area contributed by atoms with E-state index in [2.05, 4.69) is 29.6 Å². The molecule has 0 saturated carbocycles. The third kappa shape index (κ3) is 8.33. The molecular weight excluding hydrogens is 418 g/mol. The fraction of sp³-hybridized carbons (Fsp3) is 0.259. The first kappa shape index (κ1) is 23.9.